The molecular weight excluding hydrogens is 248 g/mol. The van der Waals surface area contributed by atoms with Crippen LogP contribution >= 0.6 is 0 Å². The van der Waals surface area contributed by atoms with Crippen LogP contribution in [-0.4, -0.2) is 4.98 Å². The second-order valence-electron chi connectivity index (χ2n) is 4.74. The molecule has 3 aromatic carbocycles. The maximum Gasteiger partial charge on any atom is 0.228 e. The van der Waals surface area contributed by atoms with E-state index in [9.17, 15) is 0 Å². The predicted molar refractivity (Wildman–Crippen MR) is 81.4 cm³/mol. The molecule has 2 N–H and O–H groups in total. The number of hydrogen-bond donors (Lipinski definition) is 1. The summed E-state index contributed by atoms with van der Waals surface area (Å²) >= 11 is 0. The molecule has 0 atom stereocenters. The Morgan fingerprint density at radius 2 is 1.65 bits per heavy atom. The molecule has 0 bridgehead atoms. The molecule has 4 aromatic rings. The highest BCUT2D eigenvalue weighted by molar-refractivity contribution is 5.96. The minimum absolute atomic E-state index is 0.606. The number of nitrogens with two attached hydrogens (primary N) is 1. The Bertz CT molecular complexity index is 919. The lowest BCUT2D eigenvalue weighted by Crippen LogP contribution is -1.85. The van der Waals surface area contributed by atoms with Gasteiger partial charge in [-0.25, -0.2) is 4.98 Å². The minimum atomic E-state index is 0.606. The molecule has 0 saturated heterocycles. The normalized spacial score (nSPS) is 11.2. The van der Waals surface area contributed by atoms with Crippen molar-refractivity contribution < 1.29 is 4.42 Å². The molecule has 0 amide bonds. The molecule has 0 aliphatic carbocycles. The zero-order chi connectivity index (χ0) is 13.5. The molecule has 0 unspecified atom stereocenters. The summed E-state index contributed by atoms with van der Waals surface area (Å²) in [6.07, 6.45) is 0. The van der Waals surface area contributed by atoms with Gasteiger partial charge in [0.25, 0.3) is 0 Å². The highest BCUT2D eigenvalue weighted by Gasteiger charge is 2.12. The molecule has 3 nitrogen and oxygen atoms in total. The zero-order valence-corrected chi connectivity index (χ0v) is 10.7. The van der Waals surface area contributed by atoms with Gasteiger partial charge in [-0.05, 0) is 29.0 Å². The van der Waals surface area contributed by atoms with Crippen molar-refractivity contribution in [2.75, 3.05) is 5.73 Å². The van der Waals surface area contributed by atoms with Crippen molar-refractivity contribution in [3.63, 3.8) is 0 Å². The fourth-order valence-electron chi connectivity index (χ4n) is 2.50. The van der Waals surface area contributed by atoms with E-state index < -0.39 is 0 Å². The molecular formula is C17H12N2O. The number of anilines is 1. The number of nitrogens with zero attached hydrogens (tertiary/aromatic N) is 1. The smallest absolute Gasteiger partial charge is 0.228 e. The maximum atomic E-state index is 5.94. The average molecular weight is 260 g/mol. The Labute approximate surface area is 115 Å². The van der Waals surface area contributed by atoms with Crippen LogP contribution in [0.3, 0.4) is 0 Å². The monoisotopic (exact) mass is 260 g/mol. The number of benzene rings is 3. The van der Waals surface area contributed by atoms with Crippen molar-refractivity contribution in [2.45, 2.75) is 0 Å². The van der Waals surface area contributed by atoms with Crippen LogP contribution in [0.25, 0.3) is 33.3 Å². The average Bonchev–Trinajstić information content (AvgIpc) is 2.92. The van der Waals surface area contributed by atoms with Crippen LogP contribution in [0.1, 0.15) is 0 Å². The summed E-state index contributed by atoms with van der Waals surface area (Å²) < 4.78 is 5.85. The largest absolute Gasteiger partial charge is 0.436 e. The van der Waals surface area contributed by atoms with Gasteiger partial charge in [-0.2, -0.15) is 0 Å². The number of rotatable bonds is 1. The first-order chi connectivity index (χ1) is 9.83. The maximum absolute atomic E-state index is 5.94. The Balaban J connectivity index is 2.04. The van der Waals surface area contributed by atoms with Crippen LogP contribution in [0.4, 0.5) is 5.69 Å². The van der Waals surface area contributed by atoms with Gasteiger partial charge in [0, 0.05) is 5.56 Å². The molecule has 20 heavy (non-hydrogen) atoms. The van der Waals surface area contributed by atoms with Gasteiger partial charge in [0.2, 0.25) is 5.89 Å². The Kier molecular flexibility index (Phi) is 2.27. The number of para-hydroxylation sites is 1. The summed E-state index contributed by atoms with van der Waals surface area (Å²) in [7, 11) is 0. The molecule has 3 heteroatoms. The molecule has 1 aromatic heterocycles. The Hall–Kier alpha value is -2.81. The van der Waals surface area contributed by atoms with E-state index in [2.05, 4.69) is 23.2 Å². The SMILES string of the molecule is Nc1cccc2oc(-c3cccc4ccccc34)nc12. The van der Waals surface area contributed by atoms with Crippen LogP contribution < -0.4 is 5.73 Å². The van der Waals surface area contributed by atoms with Crippen molar-refractivity contribution >= 4 is 27.6 Å². The highest BCUT2D eigenvalue weighted by Crippen LogP contribution is 2.31. The van der Waals surface area contributed by atoms with Crippen molar-refractivity contribution in [3.05, 3.63) is 60.7 Å². The quantitative estimate of drug-likeness (QED) is 0.521. The highest BCUT2D eigenvalue weighted by atomic mass is 16.3. The number of fused-ring (bicyclic) bond motifs is 2. The summed E-state index contributed by atoms with van der Waals surface area (Å²) in [5, 5.41) is 2.29. The lowest BCUT2D eigenvalue weighted by Gasteiger charge is -2.01. The van der Waals surface area contributed by atoms with Crippen LogP contribution in [0.2, 0.25) is 0 Å². The van der Waals surface area contributed by atoms with Gasteiger partial charge in [0.15, 0.2) is 5.58 Å². The summed E-state index contributed by atoms with van der Waals surface area (Å²) in [6.45, 7) is 0. The van der Waals surface area contributed by atoms with Gasteiger partial charge in [-0.1, -0.05) is 42.5 Å². The minimum Gasteiger partial charge on any atom is -0.436 e. The second-order valence-corrected chi connectivity index (χ2v) is 4.74. The van der Waals surface area contributed by atoms with Crippen molar-refractivity contribution in [3.8, 4) is 11.5 Å². The van der Waals surface area contributed by atoms with E-state index in [-0.39, 0.29) is 0 Å². The summed E-state index contributed by atoms with van der Waals surface area (Å²) in [5.74, 6) is 0.606. The van der Waals surface area contributed by atoms with E-state index in [4.69, 9.17) is 10.2 Å². The molecule has 0 fully saturated rings. The first-order valence-corrected chi connectivity index (χ1v) is 6.46. The summed E-state index contributed by atoms with van der Waals surface area (Å²) in [4.78, 5) is 4.54. The third-order valence-electron chi connectivity index (χ3n) is 3.47. The molecule has 0 aliphatic heterocycles. The molecule has 0 radical (unpaired) electrons. The second kappa shape index (κ2) is 4.10. The Morgan fingerprint density at radius 3 is 2.55 bits per heavy atom. The first kappa shape index (κ1) is 11.1. The number of oxazole rings is 1. The number of aromatic nitrogens is 1. The molecule has 4 rings (SSSR count). The summed E-state index contributed by atoms with van der Waals surface area (Å²) in [6, 6.07) is 19.9. The topological polar surface area (TPSA) is 52.0 Å². The van der Waals surface area contributed by atoms with Gasteiger partial charge in [-0.3, -0.25) is 0 Å². The van der Waals surface area contributed by atoms with Gasteiger partial charge in [0.05, 0.1) is 5.69 Å². The van der Waals surface area contributed by atoms with E-state index in [0.29, 0.717) is 17.2 Å². The van der Waals surface area contributed by atoms with E-state index in [1.165, 1.54) is 5.39 Å². The zero-order valence-electron chi connectivity index (χ0n) is 10.7. The van der Waals surface area contributed by atoms with Crippen LogP contribution in [0, 0.1) is 0 Å². The lowest BCUT2D eigenvalue weighted by molar-refractivity contribution is 0.620. The third kappa shape index (κ3) is 1.57. The molecule has 96 valence electrons. The Morgan fingerprint density at radius 1 is 0.850 bits per heavy atom. The van der Waals surface area contributed by atoms with Crippen molar-refractivity contribution in [2.24, 2.45) is 0 Å². The van der Waals surface area contributed by atoms with Gasteiger partial charge >= 0.3 is 0 Å². The number of nitrogen functional groups attached to an aromatic ring is 1. The fraction of sp³-hybridized carbons (Fsp3) is 0. The molecule has 1 heterocycles. The molecule has 0 aliphatic rings. The fourth-order valence-corrected chi connectivity index (χ4v) is 2.50. The molecule has 0 spiro atoms. The van der Waals surface area contributed by atoms with Gasteiger partial charge < -0.3 is 10.2 Å². The van der Waals surface area contributed by atoms with E-state index in [0.717, 1.165) is 16.5 Å². The van der Waals surface area contributed by atoms with E-state index in [1.807, 2.05) is 42.5 Å². The predicted octanol–water partition coefficient (Wildman–Crippen LogP) is 4.23. The van der Waals surface area contributed by atoms with Crippen LogP contribution in [-0.2, 0) is 0 Å². The lowest BCUT2D eigenvalue weighted by atomic mass is 10.0. The van der Waals surface area contributed by atoms with Crippen molar-refractivity contribution in [1.29, 1.82) is 0 Å². The van der Waals surface area contributed by atoms with E-state index >= 15 is 0 Å². The van der Waals surface area contributed by atoms with Gasteiger partial charge in [-0.15, -0.1) is 0 Å². The van der Waals surface area contributed by atoms with Crippen molar-refractivity contribution in [1.82, 2.24) is 4.98 Å². The summed E-state index contributed by atoms with van der Waals surface area (Å²) in [5.41, 5.74) is 8.99. The van der Waals surface area contributed by atoms with Crippen LogP contribution in [0.15, 0.2) is 65.1 Å². The van der Waals surface area contributed by atoms with Crippen LogP contribution in [0.5, 0.6) is 0 Å². The van der Waals surface area contributed by atoms with E-state index in [1.54, 1.807) is 0 Å². The standard InChI is InChI=1S/C17H12N2O/c18-14-9-4-10-15-16(14)19-17(20-15)13-8-3-6-11-5-1-2-7-12(11)13/h1-10H,18H2. The van der Waals surface area contributed by atoms with Gasteiger partial charge in [0.1, 0.15) is 5.52 Å². The third-order valence-corrected chi connectivity index (χ3v) is 3.47. The molecule has 0 saturated carbocycles. The first-order valence-electron chi connectivity index (χ1n) is 6.46. The number of hydrogen-bond acceptors (Lipinski definition) is 3.